The van der Waals surface area contributed by atoms with E-state index in [0.29, 0.717) is 35.3 Å². The molecular weight excluding hydrogens is 280 g/mol. The summed E-state index contributed by atoms with van der Waals surface area (Å²) in [6, 6.07) is 5.15. The van der Waals surface area contributed by atoms with Crippen LogP contribution in [0.1, 0.15) is 50.4 Å². The first-order valence-corrected chi connectivity index (χ1v) is 7.66. The van der Waals surface area contributed by atoms with Crippen LogP contribution in [-0.2, 0) is 4.74 Å². The summed E-state index contributed by atoms with van der Waals surface area (Å²) in [5, 5.41) is 0. The zero-order valence-electron chi connectivity index (χ0n) is 14.0. The van der Waals surface area contributed by atoms with E-state index in [2.05, 4.69) is 20.4 Å². The lowest BCUT2D eigenvalue weighted by molar-refractivity contribution is 0.0623. The molecule has 1 aromatic rings. The SMILES string of the molecule is C=C(C)OC(=O)c1cc(OCCC(C)CCC)ccc1OC. The Bertz CT molecular complexity index is 508. The lowest BCUT2D eigenvalue weighted by Gasteiger charge is -2.13. The first-order valence-electron chi connectivity index (χ1n) is 7.66. The third-order valence-electron chi connectivity index (χ3n) is 3.32. The van der Waals surface area contributed by atoms with Crippen LogP contribution in [0.15, 0.2) is 30.5 Å². The number of allylic oxidation sites excluding steroid dienone is 1. The molecule has 0 aliphatic rings. The van der Waals surface area contributed by atoms with E-state index in [0.717, 1.165) is 6.42 Å². The average Bonchev–Trinajstić information content (AvgIpc) is 2.46. The van der Waals surface area contributed by atoms with Gasteiger partial charge in [-0.3, -0.25) is 0 Å². The first kappa shape index (κ1) is 18.1. The maximum atomic E-state index is 12.0. The molecule has 0 fully saturated rings. The van der Waals surface area contributed by atoms with Crippen molar-refractivity contribution in [2.24, 2.45) is 5.92 Å². The smallest absolute Gasteiger partial charge is 0.347 e. The van der Waals surface area contributed by atoms with Crippen LogP contribution in [0.4, 0.5) is 0 Å². The van der Waals surface area contributed by atoms with Gasteiger partial charge in [-0.05, 0) is 37.5 Å². The molecule has 0 spiro atoms. The van der Waals surface area contributed by atoms with Crippen LogP contribution < -0.4 is 9.47 Å². The molecule has 122 valence electrons. The predicted molar refractivity (Wildman–Crippen MR) is 87.4 cm³/mol. The van der Waals surface area contributed by atoms with Gasteiger partial charge in [0.05, 0.1) is 19.5 Å². The maximum absolute atomic E-state index is 12.0. The average molecular weight is 306 g/mol. The Morgan fingerprint density at radius 3 is 2.64 bits per heavy atom. The Hall–Kier alpha value is -1.97. The van der Waals surface area contributed by atoms with Gasteiger partial charge in [-0.25, -0.2) is 4.79 Å². The summed E-state index contributed by atoms with van der Waals surface area (Å²) in [5.74, 6) is 1.58. The van der Waals surface area contributed by atoms with Crippen LogP contribution in [0, 0.1) is 5.92 Å². The van der Waals surface area contributed by atoms with Gasteiger partial charge in [0.25, 0.3) is 0 Å². The van der Waals surface area contributed by atoms with Crippen LogP contribution in [0.2, 0.25) is 0 Å². The molecule has 0 amide bonds. The number of benzene rings is 1. The Labute approximate surface area is 133 Å². The summed E-state index contributed by atoms with van der Waals surface area (Å²) >= 11 is 0. The zero-order chi connectivity index (χ0) is 16.5. The Morgan fingerprint density at radius 2 is 2.05 bits per heavy atom. The Morgan fingerprint density at radius 1 is 1.32 bits per heavy atom. The molecule has 0 aromatic heterocycles. The van der Waals surface area contributed by atoms with Crippen LogP contribution >= 0.6 is 0 Å². The van der Waals surface area contributed by atoms with Gasteiger partial charge in [-0.1, -0.05) is 33.3 Å². The molecule has 22 heavy (non-hydrogen) atoms. The van der Waals surface area contributed by atoms with Crippen molar-refractivity contribution in [3.05, 3.63) is 36.1 Å². The molecule has 0 aliphatic heterocycles. The maximum Gasteiger partial charge on any atom is 0.347 e. The minimum absolute atomic E-state index is 0.338. The normalized spacial score (nSPS) is 11.6. The van der Waals surface area contributed by atoms with Crippen LogP contribution in [0.3, 0.4) is 0 Å². The summed E-state index contributed by atoms with van der Waals surface area (Å²) in [6.45, 7) is 10.2. The van der Waals surface area contributed by atoms with Crippen molar-refractivity contribution in [1.82, 2.24) is 0 Å². The lowest BCUT2D eigenvalue weighted by atomic mass is 10.0. The van der Waals surface area contributed by atoms with Gasteiger partial charge in [0.1, 0.15) is 17.1 Å². The third kappa shape index (κ3) is 5.80. The molecule has 0 heterocycles. The minimum Gasteiger partial charge on any atom is -0.496 e. The van der Waals surface area contributed by atoms with E-state index >= 15 is 0 Å². The molecule has 4 nitrogen and oxygen atoms in total. The third-order valence-corrected chi connectivity index (χ3v) is 3.32. The molecule has 1 aromatic carbocycles. The van der Waals surface area contributed by atoms with Gasteiger partial charge in [0.2, 0.25) is 0 Å². The quantitative estimate of drug-likeness (QED) is 0.494. The van der Waals surface area contributed by atoms with E-state index in [-0.39, 0.29) is 0 Å². The van der Waals surface area contributed by atoms with Gasteiger partial charge < -0.3 is 14.2 Å². The monoisotopic (exact) mass is 306 g/mol. The largest absolute Gasteiger partial charge is 0.496 e. The summed E-state index contributed by atoms with van der Waals surface area (Å²) < 4.78 is 16.0. The van der Waals surface area contributed by atoms with Crippen molar-refractivity contribution in [3.63, 3.8) is 0 Å². The predicted octanol–water partition coefficient (Wildman–Crippen LogP) is 4.59. The zero-order valence-corrected chi connectivity index (χ0v) is 14.0. The van der Waals surface area contributed by atoms with Crippen molar-refractivity contribution >= 4 is 5.97 Å². The highest BCUT2D eigenvalue weighted by molar-refractivity contribution is 5.93. The Kier molecular flexibility index (Phi) is 7.50. The highest BCUT2D eigenvalue weighted by Gasteiger charge is 2.15. The fourth-order valence-corrected chi connectivity index (χ4v) is 2.16. The summed E-state index contributed by atoms with van der Waals surface area (Å²) in [4.78, 5) is 12.0. The Balaban J connectivity index is 2.73. The molecule has 4 heteroatoms. The highest BCUT2D eigenvalue weighted by Crippen LogP contribution is 2.26. The molecular formula is C18H26O4. The molecule has 0 radical (unpaired) electrons. The fraction of sp³-hybridized carbons (Fsp3) is 0.500. The van der Waals surface area contributed by atoms with Crippen molar-refractivity contribution in [2.75, 3.05) is 13.7 Å². The van der Waals surface area contributed by atoms with Gasteiger partial charge in [0.15, 0.2) is 0 Å². The number of hydrogen-bond acceptors (Lipinski definition) is 4. The van der Waals surface area contributed by atoms with Crippen molar-refractivity contribution < 1.29 is 19.0 Å². The van der Waals surface area contributed by atoms with Crippen LogP contribution in [0.25, 0.3) is 0 Å². The second kappa shape index (κ2) is 9.13. The summed E-state index contributed by atoms with van der Waals surface area (Å²) in [7, 11) is 1.51. The van der Waals surface area contributed by atoms with Gasteiger partial charge >= 0.3 is 5.97 Å². The highest BCUT2D eigenvalue weighted by atomic mass is 16.5. The lowest BCUT2D eigenvalue weighted by Crippen LogP contribution is -2.08. The van der Waals surface area contributed by atoms with E-state index in [4.69, 9.17) is 14.2 Å². The molecule has 0 N–H and O–H groups in total. The minimum atomic E-state index is -0.492. The van der Waals surface area contributed by atoms with Crippen molar-refractivity contribution in [1.29, 1.82) is 0 Å². The van der Waals surface area contributed by atoms with E-state index in [1.165, 1.54) is 20.0 Å². The molecule has 1 rings (SSSR count). The fourth-order valence-electron chi connectivity index (χ4n) is 2.16. The van der Waals surface area contributed by atoms with Crippen LogP contribution in [-0.4, -0.2) is 19.7 Å². The summed E-state index contributed by atoms with van der Waals surface area (Å²) in [5.41, 5.74) is 0.338. The topological polar surface area (TPSA) is 44.8 Å². The molecule has 0 aliphatic carbocycles. The summed E-state index contributed by atoms with van der Waals surface area (Å²) in [6.07, 6.45) is 3.37. The van der Waals surface area contributed by atoms with E-state index in [9.17, 15) is 4.79 Å². The molecule has 0 bridgehead atoms. The van der Waals surface area contributed by atoms with E-state index < -0.39 is 5.97 Å². The number of carbonyl (C=O) groups excluding carboxylic acids is 1. The van der Waals surface area contributed by atoms with Crippen molar-refractivity contribution in [3.8, 4) is 11.5 Å². The standard InChI is InChI=1S/C18H26O4/c1-6-7-14(4)10-11-21-15-8-9-17(20-5)16(12-15)18(19)22-13(2)3/h8-9,12,14H,2,6-7,10-11H2,1,3-5H3. The number of esters is 1. The molecule has 1 atom stereocenters. The molecule has 1 unspecified atom stereocenters. The van der Waals surface area contributed by atoms with E-state index in [1.807, 2.05) is 0 Å². The first-order chi connectivity index (χ1) is 10.5. The second-order valence-corrected chi connectivity index (χ2v) is 5.48. The molecule has 0 saturated heterocycles. The van der Waals surface area contributed by atoms with Gasteiger partial charge in [0, 0.05) is 0 Å². The molecule has 0 saturated carbocycles. The number of ether oxygens (including phenoxy) is 3. The van der Waals surface area contributed by atoms with Gasteiger partial charge in [-0.15, -0.1) is 0 Å². The number of rotatable bonds is 9. The number of hydrogen-bond donors (Lipinski definition) is 0. The van der Waals surface area contributed by atoms with Crippen LogP contribution in [0.5, 0.6) is 11.5 Å². The number of methoxy groups -OCH3 is 1. The van der Waals surface area contributed by atoms with Gasteiger partial charge in [-0.2, -0.15) is 0 Å². The van der Waals surface area contributed by atoms with Crippen molar-refractivity contribution in [2.45, 2.75) is 40.0 Å². The van der Waals surface area contributed by atoms with E-state index in [1.54, 1.807) is 25.1 Å². The second-order valence-electron chi connectivity index (χ2n) is 5.48. The number of carbonyl (C=O) groups is 1.